The Morgan fingerprint density at radius 3 is 2.35 bits per heavy atom. The molecule has 0 radical (unpaired) electrons. The van der Waals surface area contributed by atoms with E-state index in [4.69, 9.17) is 9.47 Å². The molecule has 2 rings (SSSR count). The standard InChI is InChI=1S/C13H16O3.C4H8/c1-2-10-16-13(14)9-6-11-15-12-7-4-3-5-8-12;1-2-4-3-1/h2-5,7-8H,1,6,9-11H2;1-4H2. The average molecular weight is 276 g/mol. The lowest BCUT2D eigenvalue weighted by Gasteiger charge is -2.05. The van der Waals surface area contributed by atoms with Crippen molar-refractivity contribution in [1.82, 2.24) is 0 Å². The first-order valence-corrected chi connectivity index (χ1v) is 7.27. The van der Waals surface area contributed by atoms with Crippen LogP contribution in [0.1, 0.15) is 38.5 Å². The van der Waals surface area contributed by atoms with Crippen molar-refractivity contribution < 1.29 is 14.3 Å². The van der Waals surface area contributed by atoms with Crippen molar-refractivity contribution in [2.24, 2.45) is 0 Å². The van der Waals surface area contributed by atoms with Crippen LogP contribution in [-0.4, -0.2) is 19.2 Å². The molecular weight excluding hydrogens is 252 g/mol. The molecule has 0 unspecified atom stereocenters. The van der Waals surface area contributed by atoms with Crippen LogP contribution in [0.15, 0.2) is 43.0 Å². The molecule has 0 aliphatic heterocycles. The predicted octanol–water partition coefficient (Wildman–Crippen LogP) is 4.14. The number of carbonyl (C=O) groups excluding carboxylic acids is 1. The van der Waals surface area contributed by atoms with E-state index in [9.17, 15) is 4.79 Å². The zero-order valence-corrected chi connectivity index (χ0v) is 12.1. The highest BCUT2D eigenvalue weighted by Crippen LogP contribution is 2.15. The summed E-state index contributed by atoms with van der Waals surface area (Å²) in [7, 11) is 0. The van der Waals surface area contributed by atoms with E-state index in [1.165, 1.54) is 25.7 Å². The summed E-state index contributed by atoms with van der Waals surface area (Å²) in [4.78, 5) is 11.1. The van der Waals surface area contributed by atoms with Gasteiger partial charge in [0, 0.05) is 6.42 Å². The molecule has 0 spiro atoms. The molecule has 0 bridgehead atoms. The molecule has 1 aromatic rings. The molecule has 0 N–H and O–H groups in total. The van der Waals surface area contributed by atoms with E-state index in [0.717, 1.165) is 5.75 Å². The quantitative estimate of drug-likeness (QED) is 0.426. The number of benzene rings is 1. The van der Waals surface area contributed by atoms with Crippen molar-refractivity contribution >= 4 is 5.97 Å². The van der Waals surface area contributed by atoms with Gasteiger partial charge in [-0.05, 0) is 18.6 Å². The smallest absolute Gasteiger partial charge is 0.306 e. The molecule has 1 aliphatic carbocycles. The zero-order chi connectivity index (χ0) is 14.5. The van der Waals surface area contributed by atoms with Crippen molar-refractivity contribution in [1.29, 1.82) is 0 Å². The van der Waals surface area contributed by atoms with Crippen molar-refractivity contribution in [2.75, 3.05) is 13.2 Å². The van der Waals surface area contributed by atoms with Gasteiger partial charge in [0.2, 0.25) is 0 Å². The maximum Gasteiger partial charge on any atom is 0.306 e. The van der Waals surface area contributed by atoms with Gasteiger partial charge in [-0.1, -0.05) is 56.5 Å². The first kappa shape index (κ1) is 16.3. The molecule has 1 saturated carbocycles. The molecular formula is C17H24O3. The highest BCUT2D eigenvalue weighted by Gasteiger charge is 2.01. The minimum absolute atomic E-state index is 0.212. The van der Waals surface area contributed by atoms with Crippen LogP contribution in [0.5, 0.6) is 5.75 Å². The number of rotatable bonds is 7. The molecule has 0 amide bonds. The Bertz CT molecular complexity index is 365. The van der Waals surface area contributed by atoms with Gasteiger partial charge in [0.1, 0.15) is 12.4 Å². The van der Waals surface area contributed by atoms with E-state index in [1.807, 2.05) is 30.3 Å². The van der Waals surface area contributed by atoms with Crippen molar-refractivity contribution in [3.8, 4) is 5.75 Å². The highest BCUT2D eigenvalue weighted by molar-refractivity contribution is 5.69. The molecule has 3 nitrogen and oxygen atoms in total. The van der Waals surface area contributed by atoms with Crippen LogP contribution in [0.4, 0.5) is 0 Å². The minimum Gasteiger partial charge on any atom is -0.494 e. The second-order valence-electron chi connectivity index (χ2n) is 4.65. The van der Waals surface area contributed by atoms with E-state index in [-0.39, 0.29) is 12.6 Å². The zero-order valence-electron chi connectivity index (χ0n) is 12.1. The van der Waals surface area contributed by atoms with Gasteiger partial charge in [0.25, 0.3) is 0 Å². The van der Waals surface area contributed by atoms with Gasteiger partial charge in [-0.2, -0.15) is 0 Å². The summed E-state index contributed by atoms with van der Waals surface area (Å²) < 4.78 is 10.3. The molecule has 110 valence electrons. The third-order valence-corrected chi connectivity index (χ3v) is 2.90. The molecule has 0 aromatic heterocycles. The molecule has 3 heteroatoms. The maximum absolute atomic E-state index is 11.1. The monoisotopic (exact) mass is 276 g/mol. The van der Waals surface area contributed by atoms with Crippen LogP contribution < -0.4 is 4.74 Å². The fourth-order valence-corrected chi connectivity index (χ4v) is 1.40. The Balaban J connectivity index is 0.000000425. The third-order valence-electron chi connectivity index (χ3n) is 2.90. The molecule has 1 fully saturated rings. The summed E-state index contributed by atoms with van der Waals surface area (Å²) in [6.07, 6.45) is 8.59. The number of hydrogen-bond acceptors (Lipinski definition) is 3. The van der Waals surface area contributed by atoms with E-state index in [2.05, 4.69) is 6.58 Å². The number of hydrogen-bond donors (Lipinski definition) is 0. The van der Waals surface area contributed by atoms with Crippen LogP contribution in [0.3, 0.4) is 0 Å². The van der Waals surface area contributed by atoms with Crippen LogP contribution in [0.2, 0.25) is 0 Å². The fraction of sp³-hybridized carbons (Fsp3) is 0.471. The second kappa shape index (κ2) is 11.1. The summed E-state index contributed by atoms with van der Waals surface area (Å²) in [5.41, 5.74) is 0. The van der Waals surface area contributed by atoms with Gasteiger partial charge in [0.15, 0.2) is 0 Å². The summed E-state index contributed by atoms with van der Waals surface area (Å²) in [6.45, 7) is 4.26. The first-order valence-electron chi connectivity index (χ1n) is 7.27. The van der Waals surface area contributed by atoms with Gasteiger partial charge < -0.3 is 9.47 Å². The van der Waals surface area contributed by atoms with Crippen molar-refractivity contribution in [3.05, 3.63) is 43.0 Å². The normalized spacial score (nSPS) is 12.4. The molecule has 0 atom stereocenters. The third kappa shape index (κ3) is 8.35. The molecule has 20 heavy (non-hydrogen) atoms. The second-order valence-corrected chi connectivity index (χ2v) is 4.65. The Morgan fingerprint density at radius 2 is 1.80 bits per heavy atom. The maximum atomic E-state index is 11.1. The highest BCUT2D eigenvalue weighted by atomic mass is 16.5. The van der Waals surface area contributed by atoms with E-state index in [0.29, 0.717) is 19.4 Å². The largest absolute Gasteiger partial charge is 0.494 e. The molecule has 1 aromatic carbocycles. The van der Waals surface area contributed by atoms with E-state index in [1.54, 1.807) is 6.08 Å². The average Bonchev–Trinajstić information content (AvgIpc) is 2.41. The van der Waals surface area contributed by atoms with E-state index >= 15 is 0 Å². The Kier molecular flexibility index (Phi) is 9.03. The summed E-state index contributed by atoms with van der Waals surface area (Å²) in [6, 6.07) is 9.52. The lowest BCUT2D eigenvalue weighted by atomic mass is 10.0. The first-order chi connectivity index (χ1) is 9.83. The Hall–Kier alpha value is -1.77. The molecule has 0 heterocycles. The Labute approximate surface area is 121 Å². The number of para-hydroxylation sites is 1. The van der Waals surface area contributed by atoms with Gasteiger partial charge in [0.05, 0.1) is 6.61 Å². The minimum atomic E-state index is -0.212. The lowest BCUT2D eigenvalue weighted by molar-refractivity contribution is -0.142. The van der Waals surface area contributed by atoms with Crippen LogP contribution in [0.25, 0.3) is 0 Å². The van der Waals surface area contributed by atoms with Gasteiger partial charge in [-0.15, -0.1) is 0 Å². The number of esters is 1. The number of carbonyl (C=O) groups is 1. The van der Waals surface area contributed by atoms with Gasteiger partial charge >= 0.3 is 5.97 Å². The molecule has 0 saturated heterocycles. The van der Waals surface area contributed by atoms with Crippen LogP contribution in [-0.2, 0) is 9.53 Å². The van der Waals surface area contributed by atoms with E-state index < -0.39 is 0 Å². The SMILES string of the molecule is C1CCC1.C=CCOC(=O)CCCOc1ccccc1. The van der Waals surface area contributed by atoms with Crippen LogP contribution in [0, 0.1) is 0 Å². The van der Waals surface area contributed by atoms with Gasteiger partial charge in [-0.25, -0.2) is 0 Å². The van der Waals surface area contributed by atoms with Gasteiger partial charge in [-0.3, -0.25) is 4.79 Å². The lowest BCUT2D eigenvalue weighted by Crippen LogP contribution is -2.07. The predicted molar refractivity (Wildman–Crippen MR) is 80.8 cm³/mol. The molecule has 1 aliphatic rings. The summed E-state index contributed by atoms with van der Waals surface area (Å²) >= 11 is 0. The summed E-state index contributed by atoms with van der Waals surface area (Å²) in [5, 5.41) is 0. The number of ether oxygens (including phenoxy) is 2. The topological polar surface area (TPSA) is 35.5 Å². The fourth-order valence-electron chi connectivity index (χ4n) is 1.40. The van der Waals surface area contributed by atoms with Crippen molar-refractivity contribution in [3.63, 3.8) is 0 Å². The van der Waals surface area contributed by atoms with Crippen molar-refractivity contribution in [2.45, 2.75) is 38.5 Å². The Morgan fingerprint density at radius 1 is 1.15 bits per heavy atom. The van der Waals surface area contributed by atoms with Crippen LogP contribution >= 0.6 is 0 Å². The summed E-state index contributed by atoms with van der Waals surface area (Å²) in [5.74, 6) is 0.610.